The second kappa shape index (κ2) is 8.85. The molecule has 1 aliphatic heterocycles. The molecule has 1 saturated heterocycles. The largest absolute Gasteiger partial charge is 0.456 e. The fourth-order valence-corrected chi connectivity index (χ4v) is 5.48. The van der Waals surface area contributed by atoms with E-state index in [1.165, 1.54) is 24.3 Å². The van der Waals surface area contributed by atoms with Crippen LogP contribution in [0, 0.1) is 23.7 Å². The molecule has 5 rings (SSSR count). The minimum absolute atomic E-state index is 0.240. The fourth-order valence-electron chi connectivity index (χ4n) is 5.48. The van der Waals surface area contributed by atoms with Crippen LogP contribution in [0.4, 0.5) is 0 Å². The molecule has 0 aromatic heterocycles. The Balaban J connectivity index is 1.12. The fraction of sp³-hybridized carbons (Fsp3) is 0.346. The number of ether oxygens (including phenoxy) is 2. The molecular formula is C26H23NO7. The van der Waals surface area contributed by atoms with Gasteiger partial charge >= 0.3 is 11.9 Å². The highest BCUT2D eigenvalue weighted by Gasteiger charge is 2.61. The van der Waals surface area contributed by atoms with Gasteiger partial charge < -0.3 is 9.47 Å². The average Bonchev–Trinajstić information content (AvgIpc) is 3.54. The molecule has 34 heavy (non-hydrogen) atoms. The van der Waals surface area contributed by atoms with Crippen LogP contribution in [0.3, 0.4) is 0 Å². The molecular weight excluding hydrogens is 438 g/mol. The van der Waals surface area contributed by atoms with Gasteiger partial charge in [-0.15, -0.1) is 0 Å². The Kier molecular flexibility index (Phi) is 5.73. The number of rotatable bonds is 7. The van der Waals surface area contributed by atoms with Gasteiger partial charge in [0.05, 0.1) is 17.4 Å². The summed E-state index contributed by atoms with van der Waals surface area (Å²) in [5.41, 5.74) is 0.674. The molecule has 1 heterocycles. The monoisotopic (exact) mass is 461 g/mol. The van der Waals surface area contributed by atoms with E-state index < -0.39 is 30.9 Å². The van der Waals surface area contributed by atoms with Gasteiger partial charge in [-0.1, -0.05) is 18.2 Å². The normalized spacial score (nSPS) is 24.8. The summed E-state index contributed by atoms with van der Waals surface area (Å²) < 4.78 is 10.3. The molecule has 2 saturated carbocycles. The van der Waals surface area contributed by atoms with E-state index in [1.54, 1.807) is 30.3 Å². The molecule has 3 aliphatic rings. The van der Waals surface area contributed by atoms with Gasteiger partial charge in [0.1, 0.15) is 12.3 Å². The van der Waals surface area contributed by atoms with Gasteiger partial charge in [-0.3, -0.25) is 24.1 Å². The van der Waals surface area contributed by atoms with Crippen LogP contribution in [0.2, 0.25) is 0 Å². The summed E-state index contributed by atoms with van der Waals surface area (Å²) in [5.74, 6) is -2.18. The van der Waals surface area contributed by atoms with Gasteiger partial charge in [0.25, 0.3) is 0 Å². The van der Waals surface area contributed by atoms with E-state index in [0.29, 0.717) is 5.56 Å². The maximum Gasteiger partial charge on any atom is 0.343 e. The van der Waals surface area contributed by atoms with Crippen LogP contribution in [-0.2, 0) is 19.1 Å². The topological polar surface area (TPSA) is 107 Å². The molecule has 0 radical (unpaired) electrons. The molecule has 4 unspecified atom stereocenters. The molecule has 8 nitrogen and oxygen atoms in total. The van der Waals surface area contributed by atoms with Crippen molar-refractivity contribution < 1.29 is 33.4 Å². The molecule has 2 amide bonds. The molecule has 174 valence electrons. The number of amides is 2. The lowest BCUT2D eigenvalue weighted by Crippen LogP contribution is -2.38. The Labute approximate surface area is 195 Å². The Morgan fingerprint density at radius 1 is 0.824 bits per heavy atom. The number of carbonyl (C=O) groups is 5. The van der Waals surface area contributed by atoms with E-state index in [4.69, 9.17) is 9.47 Å². The van der Waals surface area contributed by atoms with Gasteiger partial charge in [-0.05, 0) is 67.5 Å². The molecule has 3 fully saturated rings. The number of likely N-dealkylation sites (tertiary alicyclic amines) is 1. The van der Waals surface area contributed by atoms with Crippen LogP contribution in [0.15, 0.2) is 54.6 Å². The first-order valence-electron chi connectivity index (χ1n) is 11.3. The maximum absolute atomic E-state index is 12.7. The van der Waals surface area contributed by atoms with Crippen molar-refractivity contribution in [3.05, 3.63) is 65.7 Å². The lowest BCUT2D eigenvalue weighted by molar-refractivity contribution is -0.152. The predicted octanol–water partition coefficient (Wildman–Crippen LogP) is 2.66. The minimum atomic E-state index is -0.796. The Morgan fingerprint density at radius 3 is 2.06 bits per heavy atom. The van der Waals surface area contributed by atoms with E-state index in [-0.39, 0.29) is 46.8 Å². The summed E-state index contributed by atoms with van der Waals surface area (Å²) in [7, 11) is 0. The van der Waals surface area contributed by atoms with Crippen LogP contribution in [0.5, 0.6) is 5.75 Å². The zero-order chi connectivity index (χ0) is 23.8. The molecule has 0 spiro atoms. The van der Waals surface area contributed by atoms with Crippen LogP contribution in [0.25, 0.3) is 0 Å². The maximum atomic E-state index is 12.7. The average molecular weight is 461 g/mol. The van der Waals surface area contributed by atoms with Crippen molar-refractivity contribution in [2.24, 2.45) is 23.7 Å². The summed E-state index contributed by atoms with van der Waals surface area (Å²) in [4.78, 5) is 63.1. The Morgan fingerprint density at radius 2 is 1.44 bits per heavy atom. The number of nitrogens with zero attached hydrogens (tertiary/aromatic N) is 1. The first-order valence-corrected chi connectivity index (χ1v) is 11.3. The van der Waals surface area contributed by atoms with Crippen molar-refractivity contribution >= 4 is 29.5 Å². The van der Waals surface area contributed by atoms with E-state index in [0.717, 1.165) is 24.2 Å². The number of Topliss-reactive ketones (excluding diaryl/α,β-unsaturated/α-hetero) is 1. The second-order valence-corrected chi connectivity index (χ2v) is 9.01. The van der Waals surface area contributed by atoms with Gasteiger partial charge in [0, 0.05) is 5.56 Å². The lowest BCUT2D eigenvalue weighted by Gasteiger charge is -2.19. The molecule has 2 aliphatic carbocycles. The summed E-state index contributed by atoms with van der Waals surface area (Å²) in [6.07, 6.45) is 2.84. The van der Waals surface area contributed by atoms with E-state index in [1.807, 2.05) is 0 Å². The zero-order valence-corrected chi connectivity index (χ0v) is 18.3. The minimum Gasteiger partial charge on any atom is -0.456 e. The quantitative estimate of drug-likeness (QED) is 0.270. The van der Waals surface area contributed by atoms with Crippen LogP contribution >= 0.6 is 0 Å². The predicted molar refractivity (Wildman–Crippen MR) is 118 cm³/mol. The van der Waals surface area contributed by atoms with E-state index in [2.05, 4.69) is 0 Å². The van der Waals surface area contributed by atoms with Crippen LogP contribution in [-0.4, -0.2) is 47.6 Å². The molecule has 4 atom stereocenters. The standard InChI is InChI=1S/C26H23NO7/c28-20(15-8-10-19(11-9-15)34-26(32)16-4-2-1-3-5-16)14-33-21(29)13-27-24(30)22-17-6-7-18(12-17)23(22)25(27)31/h1-5,8-11,17-18,22-23H,6-7,12-14H2. The third-order valence-corrected chi connectivity index (χ3v) is 7.07. The van der Waals surface area contributed by atoms with Gasteiger partial charge in [-0.25, -0.2) is 4.79 Å². The van der Waals surface area contributed by atoms with Crippen molar-refractivity contribution in [2.45, 2.75) is 19.3 Å². The number of carbonyl (C=O) groups excluding carboxylic acids is 5. The number of imide groups is 1. The SMILES string of the molecule is O=C(CN1C(=O)C2C3CCC(C3)C2C1=O)OCC(=O)c1ccc(OC(=O)c2ccccc2)cc1. The zero-order valence-electron chi connectivity index (χ0n) is 18.3. The molecule has 2 aromatic carbocycles. The smallest absolute Gasteiger partial charge is 0.343 e. The Bertz CT molecular complexity index is 1130. The van der Waals surface area contributed by atoms with Crippen LogP contribution < -0.4 is 4.74 Å². The first kappa shape index (κ1) is 22.0. The highest BCUT2D eigenvalue weighted by molar-refractivity contribution is 6.08. The van der Waals surface area contributed by atoms with Gasteiger partial charge in [0.15, 0.2) is 12.4 Å². The van der Waals surface area contributed by atoms with Crippen molar-refractivity contribution in [1.29, 1.82) is 0 Å². The third-order valence-electron chi connectivity index (χ3n) is 7.07. The van der Waals surface area contributed by atoms with Crippen molar-refractivity contribution in [3.8, 4) is 5.75 Å². The molecule has 8 heteroatoms. The van der Waals surface area contributed by atoms with Crippen molar-refractivity contribution in [2.75, 3.05) is 13.2 Å². The van der Waals surface area contributed by atoms with Crippen molar-refractivity contribution in [3.63, 3.8) is 0 Å². The number of hydrogen-bond donors (Lipinski definition) is 0. The molecule has 2 aromatic rings. The first-order chi connectivity index (χ1) is 16.4. The van der Waals surface area contributed by atoms with Gasteiger partial charge in [-0.2, -0.15) is 0 Å². The van der Waals surface area contributed by atoms with Gasteiger partial charge in [0.2, 0.25) is 11.8 Å². The summed E-state index contributed by atoms with van der Waals surface area (Å²) in [5, 5.41) is 0. The van der Waals surface area contributed by atoms with E-state index in [9.17, 15) is 24.0 Å². The highest BCUT2D eigenvalue weighted by Crippen LogP contribution is 2.56. The second-order valence-electron chi connectivity index (χ2n) is 9.01. The number of ketones is 1. The number of hydrogen-bond acceptors (Lipinski definition) is 7. The lowest BCUT2D eigenvalue weighted by atomic mass is 9.81. The summed E-state index contributed by atoms with van der Waals surface area (Å²) in [6.45, 7) is -0.984. The number of fused-ring (bicyclic) bond motifs is 5. The Hall–Kier alpha value is -3.81. The van der Waals surface area contributed by atoms with Crippen LogP contribution in [0.1, 0.15) is 40.0 Å². The highest BCUT2D eigenvalue weighted by atomic mass is 16.5. The third kappa shape index (κ3) is 4.00. The number of esters is 2. The summed E-state index contributed by atoms with van der Waals surface area (Å²) in [6, 6.07) is 14.4. The number of benzene rings is 2. The van der Waals surface area contributed by atoms with E-state index >= 15 is 0 Å². The summed E-state index contributed by atoms with van der Waals surface area (Å²) >= 11 is 0. The molecule has 2 bridgehead atoms. The molecule has 0 N–H and O–H groups in total. The van der Waals surface area contributed by atoms with Crippen molar-refractivity contribution in [1.82, 2.24) is 4.90 Å².